The molecule has 0 aliphatic carbocycles. The van der Waals surface area contributed by atoms with Crippen molar-refractivity contribution in [1.29, 1.82) is 0 Å². The van der Waals surface area contributed by atoms with Gasteiger partial charge >= 0.3 is 0 Å². The number of amides is 2. The molecule has 0 radical (unpaired) electrons. The molecule has 2 N–H and O–H groups in total. The lowest BCUT2D eigenvalue weighted by Gasteiger charge is -2.17. The van der Waals surface area contributed by atoms with Gasteiger partial charge in [0.2, 0.25) is 11.8 Å². The zero-order valence-corrected chi connectivity index (χ0v) is 11.9. The van der Waals surface area contributed by atoms with E-state index in [1.54, 1.807) is 26.3 Å². The molecule has 1 rings (SSSR count). The number of carbonyl (C=O) groups is 2. The number of rotatable bonds is 8. The van der Waals surface area contributed by atoms with Gasteiger partial charge in [-0.25, -0.2) is 0 Å². The maximum atomic E-state index is 11.8. The van der Waals surface area contributed by atoms with Crippen LogP contribution in [0.1, 0.15) is 0 Å². The molecule has 0 saturated heterocycles. The fourth-order valence-corrected chi connectivity index (χ4v) is 1.53. The third kappa shape index (κ3) is 6.31. The van der Waals surface area contributed by atoms with Gasteiger partial charge in [-0.15, -0.1) is 0 Å². The Balaban J connectivity index is 2.28. The number of anilines is 1. The number of carbonyl (C=O) groups excluding carboxylic acids is 2. The van der Waals surface area contributed by atoms with Crippen molar-refractivity contribution in [2.45, 2.75) is 0 Å². The minimum absolute atomic E-state index is 0.0275. The lowest BCUT2D eigenvalue weighted by Crippen LogP contribution is -2.40. The van der Waals surface area contributed by atoms with Crippen molar-refractivity contribution in [3.05, 3.63) is 30.3 Å². The van der Waals surface area contributed by atoms with E-state index < -0.39 is 0 Å². The minimum Gasteiger partial charge on any atom is -0.383 e. The maximum absolute atomic E-state index is 11.8. The maximum Gasteiger partial charge on any atom is 0.243 e. The highest BCUT2D eigenvalue weighted by atomic mass is 16.5. The minimum atomic E-state index is -0.219. The van der Waals surface area contributed by atoms with Gasteiger partial charge in [0.05, 0.1) is 19.7 Å². The monoisotopic (exact) mass is 279 g/mol. The Morgan fingerprint density at radius 3 is 2.60 bits per heavy atom. The van der Waals surface area contributed by atoms with E-state index in [-0.39, 0.29) is 24.9 Å². The summed E-state index contributed by atoms with van der Waals surface area (Å²) in [6.07, 6.45) is 0. The molecule has 0 saturated carbocycles. The van der Waals surface area contributed by atoms with Crippen LogP contribution in [0, 0.1) is 0 Å². The molecule has 0 aromatic heterocycles. The van der Waals surface area contributed by atoms with Crippen molar-refractivity contribution in [2.75, 3.05) is 45.7 Å². The third-order valence-corrected chi connectivity index (χ3v) is 2.62. The highest BCUT2D eigenvalue weighted by molar-refractivity contribution is 5.94. The number of benzene rings is 1. The average Bonchev–Trinajstić information content (AvgIpc) is 2.44. The van der Waals surface area contributed by atoms with E-state index in [0.717, 1.165) is 5.69 Å². The summed E-state index contributed by atoms with van der Waals surface area (Å²) >= 11 is 0. The quantitative estimate of drug-likeness (QED) is 0.672. The van der Waals surface area contributed by atoms with Crippen molar-refractivity contribution in [3.8, 4) is 0 Å². The highest BCUT2D eigenvalue weighted by Gasteiger charge is 2.12. The molecule has 6 nitrogen and oxygen atoms in total. The van der Waals surface area contributed by atoms with E-state index in [1.165, 1.54) is 4.90 Å². The van der Waals surface area contributed by atoms with Crippen LogP contribution in [0.3, 0.4) is 0 Å². The first-order valence-corrected chi connectivity index (χ1v) is 6.42. The number of para-hydroxylation sites is 1. The van der Waals surface area contributed by atoms with Crippen LogP contribution in [-0.2, 0) is 14.3 Å². The van der Waals surface area contributed by atoms with Crippen molar-refractivity contribution < 1.29 is 14.3 Å². The van der Waals surface area contributed by atoms with E-state index in [2.05, 4.69) is 10.6 Å². The van der Waals surface area contributed by atoms with Gasteiger partial charge in [-0.3, -0.25) is 9.59 Å². The second-order valence-electron chi connectivity index (χ2n) is 4.33. The summed E-state index contributed by atoms with van der Waals surface area (Å²) in [5.41, 5.74) is 0.719. The second kappa shape index (κ2) is 9.06. The third-order valence-electron chi connectivity index (χ3n) is 2.62. The Morgan fingerprint density at radius 2 is 1.95 bits per heavy atom. The van der Waals surface area contributed by atoms with Gasteiger partial charge in [0, 0.05) is 26.4 Å². The van der Waals surface area contributed by atoms with Crippen LogP contribution >= 0.6 is 0 Å². The lowest BCUT2D eigenvalue weighted by atomic mass is 10.3. The summed E-state index contributed by atoms with van der Waals surface area (Å²) in [4.78, 5) is 24.9. The highest BCUT2D eigenvalue weighted by Crippen LogP contribution is 2.04. The number of hydrogen-bond acceptors (Lipinski definition) is 4. The van der Waals surface area contributed by atoms with E-state index >= 15 is 0 Å². The van der Waals surface area contributed by atoms with Crippen molar-refractivity contribution >= 4 is 17.5 Å². The molecule has 110 valence electrons. The van der Waals surface area contributed by atoms with Gasteiger partial charge in [-0.2, -0.15) is 0 Å². The van der Waals surface area contributed by atoms with E-state index in [4.69, 9.17) is 4.74 Å². The number of nitrogens with zero attached hydrogens (tertiary/aromatic N) is 1. The molecule has 20 heavy (non-hydrogen) atoms. The molecular formula is C14H21N3O3. The van der Waals surface area contributed by atoms with E-state index in [0.29, 0.717) is 13.2 Å². The summed E-state index contributed by atoms with van der Waals surface area (Å²) in [5, 5.41) is 5.67. The zero-order chi connectivity index (χ0) is 14.8. The van der Waals surface area contributed by atoms with Gasteiger partial charge in [0.25, 0.3) is 0 Å². The summed E-state index contributed by atoms with van der Waals surface area (Å²) in [5.74, 6) is -0.353. The number of likely N-dealkylation sites (N-methyl/N-ethyl adjacent to an activating group) is 1. The van der Waals surface area contributed by atoms with Crippen LogP contribution in [0.25, 0.3) is 0 Å². The van der Waals surface area contributed by atoms with E-state index in [1.807, 2.05) is 18.2 Å². The van der Waals surface area contributed by atoms with Crippen LogP contribution in [0.2, 0.25) is 0 Å². The van der Waals surface area contributed by atoms with Gasteiger partial charge in [0.15, 0.2) is 0 Å². The molecule has 0 aliphatic rings. The first-order valence-electron chi connectivity index (χ1n) is 6.42. The number of hydrogen-bond donors (Lipinski definition) is 2. The van der Waals surface area contributed by atoms with Crippen LogP contribution < -0.4 is 10.6 Å². The molecule has 2 amide bonds. The zero-order valence-electron chi connectivity index (χ0n) is 11.9. The van der Waals surface area contributed by atoms with Crippen LogP contribution in [0.4, 0.5) is 5.69 Å². The fraction of sp³-hybridized carbons (Fsp3) is 0.429. The average molecular weight is 279 g/mol. The normalized spacial score (nSPS) is 10.1. The van der Waals surface area contributed by atoms with Crippen LogP contribution in [-0.4, -0.2) is 57.1 Å². The van der Waals surface area contributed by atoms with Gasteiger partial charge in [-0.1, -0.05) is 18.2 Å². The molecular weight excluding hydrogens is 258 g/mol. The summed E-state index contributed by atoms with van der Waals surface area (Å²) < 4.78 is 4.86. The molecule has 1 aromatic rings. The first-order chi connectivity index (χ1) is 9.63. The molecule has 0 spiro atoms. The largest absolute Gasteiger partial charge is 0.383 e. The topological polar surface area (TPSA) is 70.7 Å². The Labute approximate surface area is 119 Å². The Hall–Kier alpha value is -1.92. The number of ether oxygens (including phenoxy) is 1. The molecule has 0 bridgehead atoms. The summed E-state index contributed by atoms with van der Waals surface area (Å²) in [6, 6.07) is 9.14. The van der Waals surface area contributed by atoms with Crippen molar-refractivity contribution in [1.82, 2.24) is 10.2 Å². The molecule has 6 heteroatoms. The first kappa shape index (κ1) is 16.1. The second-order valence-corrected chi connectivity index (χ2v) is 4.33. The molecule has 0 fully saturated rings. The lowest BCUT2D eigenvalue weighted by molar-refractivity contribution is -0.132. The SMILES string of the molecule is COCCNCC(=O)N(C)CC(=O)Nc1ccccc1. The van der Waals surface area contributed by atoms with Crippen molar-refractivity contribution in [3.63, 3.8) is 0 Å². The Morgan fingerprint density at radius 1 is 1.25 bits per heavy atom. The summed E-state index contributed by atoms with van der Waals surface area (Å²) in [7, 11) is 3.20. The molecule has 0 aliphatic heterocycles. The van der Waals surface area contributed by atoms with Crippen molar-refractivity contribution in [2.24, 2.45) is 0 Å². The molecule has 0 unspecified atom stereocenters. The standard InChI is InChI=1S/C14H21N3O3/c1-17(14(19)10-15-8-9-20-2)11-13(18)16-12-6-4-3-5-7-12/h3-7,15H,8-11H2,1-2H3,(H,16,18). The van der Waals surface area contributed by atoms with Gasteiger partial charge < -0.3 is 20.3 Å². The number of nitrogens with one attached hydrogen (secondary N) is 2. The molecule has 0 heterocycles. The fourth-order valence-electron chi connectivity index (χ4n) is 1.53. The van der Waals surface area contributed by atoms with E-state index in [9.17, 15) is 9.59 Å². The molecule has 0 atom stereocenters. The van der Waals surface area contributed by atoms with Gasteiger partial charge in [-0.05, 0) is 12.1 Å². The van der Waals surface area contributed by atoms with Crippen LogP contribution in [0.5, 0.6) is 0 Å². The van der Waals surface area contributed by atoms with Crippen LogP contribution in [0.15, 0.2) is 30.3 Å². The predicted octanol–water partition coefficient (Wildman–Crippen LogP) is 0.320. The van der Waals surface area contributed by atoms with Gasteiger partial charge in [0.1, 0.15) is 0 Å². The number of methoxy groups -OCH3 is 1. The summed E-state index contributed by atoms with van der Waals surface area (Å²) in [6.45, 7) is 1.37. The predicted molar refractivity (Wildman–Crippen MR) is 77.5 cm³/mol. The smallest absolute Gasteiger partial charge is 0.243 e. The Kier molecular flexibility index (Phi) is 7.31. The Bertz CT molecular complexity index is 423. The molecule has 1 aromatic carbocycles.